The molecule has 0 spiro atoms. The summed E-state index contributed by atoms with van der Waals surface area (Å²) in [5.74, 6) is 0. The molecule has 3 aromatic heterocycles. The molecule has 0 N–H and O–H groups in total. The molecule has 12 aromatic rings. The lowest BCUT2D eigenvalue weighted by Crippen LogP contribution is -2.09. The van der Waals surface area contributed by atoms with Crippen LogP contribution >= 0.6 is 11.3 Å². The number of furan rings is 1. The summed E-state index contributed by atoms with van der Waals surface area (Å²) >= 11 is 1.85. The minimum Gasteiger partial charge on any atom is -0.456 e. The van der Waals surface area contributed by atoms with E-state index in [0.29, 0.717) is 0 Å². The van der Waals surface area contributed by atoms with Gasteiger partial charge in [0.05, 0.1) is 16.7 Å². The van der Waals surface area contributed by atoms with Gasteiger partial charge >= 0.3 is 0 Å². The second-order valence-corrected chi connectivity index (χ2v) is 15.6. The summed E-state index contributed by atoms with van der Waals surface area (Å²) in [5, 5.41) is 9.66. The number of thiophene rings is 1. The van der Waals surface area contributed by atoms with E-state index in [0.717, 1.165) is 55.7 Å². The largest absolute Gasteiger partial charge is 0.456 e. The van der Waals surface area contributed by atoms with Gasteiger partial charge in [0.15, 0.2) is 0 Å². The van der Waals surface area contributed by atoms with E-state index in [9.17, 15) is 0 Å². The molecule has 0 amide bonds. The highest BCUT2D eigenvalue weighted by Gasteiger charge is 2.25. The van der Waals surface area contributed by atoms with E-state index in [1.807, 2.05) is 11.3 Å². The monoisotopic (exact) mass is 732 g/mol. The second kappa shape index (κ2) is 12.2. The summed E-state index contributed by atoms with van der Waals surface area (Å²) in [7, 11) is 0. The van der Waals surface area contributed by atoms with E-state index in [1.165, 1.54) is 52.8 Å². The van der Waals surface area contributed by atoms with Gasteiger partial charge in [-0.1, -0.05) is 133 Å². The lowest BCUT2D eigenvalue weighted by molar-refractivity contribution is 0.669. The Bertz CT molecular complexity index is 3480. The van der Waals surface area contributed by atoms with Crippen molar-refractivity contribution in [2.75, 3.05) is 4.90 Å². The molecule has 0 fully saturated rings. The van der Waals surface area contributed by atoms with Crippen LogP contribution in [0.1, 0.15) is 0 Å². The van der Waals surface area contributed by atoms with Crippen molar-refractivity contribution in [2.24, 2.45) is 0 Å². The minimum atomic E-state index is 0.879. The van der Waals surface area contributed by atoms with E-state index in [2.05, 4.69) is 204 Å². The zero-order chi connectivity index (χ0) is 36.7. The lowest BCUT2D eigenvalue weighted by Gasteiger charge is -2.26. The first kappa shape index (κ1) is 31.2. The van der Waals surface area contributed by atoms with Gasteiger partial charge in [-0.3, -0.25) is 0 Å². The number of rotatable bonds is 5. The molecule has 0 saturated heterocycles. The van der Waals surface area contributed by atoms with Crippen molar-refractivity contribution in [2.45, 2.75) is 0 Å². The maximum Gasteiger partial charge on any atom is 0.138 e. The Morgan fingerprint density at radius 1 is 0.411 bits per heavy atom. The number of aromatic nitrogens is 1. The van der Waals surface area contributed by atoms with Crippen molar-refractivity contribution in [3.63, 3.8) is 0 Å². The first-order chi connectivity index (χ1) is 27.8. The van der Waals surface area contributed by atoms with Gasteiger partial charge in [0.25, 0.3) is 0 Å². The fraction of sp³-hybridized carbons (Fsp3) is 0. The third-order valence-corrected chi connectivity index (χ3v) is 12.5. The smallest absolute Gasteiger partial charge is 0.138 e. The molecular formula is C52H32N2OS. The van der Waals surface area contributed by atoms with Crippen molar-refractivity contribution in [3.05, 3.63) is 194 Å². The Morgan fingerprint density at radius 2 is 1.07 bits per heavy atom. The number of hydrogen-bond donors (Lipinski definition) is 0. The molecule has 0 aliphatic rings. The second-order valence-electron chi connectivity index (χ2n) is 14.5. The molecule has 3 heterocycles. The Hall–Kier alpha value is -7.14. The summed E-state index contributed by atoms with van der Waals surface area (Å²) < 4.78 is 11.8. The molecule has 3 nitrogen and oxygen atoms in total. The van der Waals surface area contributed by atoms with Gasteiger partial charge in [-0.2, -0.15) is 0 Å². The van der Waals surface area contributed by atoms with Gasteiger partial charge in [0, 0.05) is 75.8 Å². The number of para-hydroxylation sites is 2. The fourth-order valence-electron chi connectivity index (χ4n) is 8.94. The van der Waals surface area contributed by atoms with Gasteiger partial charge in [-0.25, -0.2) is 0 Å². The minimum absolute atomic E-state index is 0.879. The third kappa shape index (κ3) is 4.63. The summed E-state index contributed by atoms with van der Waals surface area (Å²) in [6.07, 6.45) is 0. The maximum absolute atomic E-state index is 6.71. The highest BCUT2D eigenvalue weighted by Crippen LogP contribution is 2.48. The van der Waals surface area contributed by atoms with Crippen molar-refractivity contribution in [1.82, 2.24) is 4.57 Å². The quantitative estimate of drug-likeness (QED) is 0.176. The van der Waals surface area contributed by atoms with Gasteiger partial charge < -0.3 is 13.9 Å². The van der Waals surface area contributed by atoms with Gasteiger partial charge in [0.2, 0.25) is 0 Å². The molecule has 0 unspecified atom stereocenters. The van der Waals surface area contributed by atoms with Crippen molar-refractivity contribution in [1.29, 1.82) is 0 Å². The highest BCUT2D eigenvalue weighted by atomic mass is 32.1. The average Bonchev–Trinajstić information content (AvgIpc) is 3.92. The van der Waals surface area contributed by atoms with Crippen molar-refractivity contribution >= 4 is 103 Å². The van der Waals surface area contributed by atoms with E-state index >= 15 is 0 Å². The van der Waals surface area contributed by atoms with Gasteiger partial charge in [-0.05, 0) is 65.5 Å². The van der Waals surface area contributed by atoms with Crippen LogP contribution in [0.2, 0.25) is 0 Å². The zero-order valence-electron chi connectivity index (χ0n) is 30.2. The molecule has 262 valence electrons. The van der Waals surface area contributed by atoms with Crippen LogP contribution in [0.5, 0.6) is 0 Å². The molecule has 0 aliphatic carbocycles. The lowest BCUT2D eigenvalue weighted by atomic mass is 9.94. The van der Waals surface area contributed by atoms with Gasteiger partial charge in [0.1, 0.15) is 11.2 Å². The molecule has 0 saturated carbocycles. The first-order valence-corrected chi connectivity index (χ1v) is 19.8. The van der Waals surface area contributed by atoms with E-state index in [1.54, 1.807) is 0 Å². The summed E-state index contributed by atoms with van der Waals surface area (Å²) in [5.41, 5.74) is 10.8. The summed E-state index contributed by atoms with van der Waals surface area (Å²) in [6, 6.07) is 70.2. The predicted molar refractivity (Wildman–Crippen MR) is 239 cm³/mol. The summed E-state index contributed by atoms with van der Waals surface area (Å²) in [4.78, 5) is 2.39. The van der Waals surface area contributed by atoms with Crippen LogP contribution in [0.25, 0.3) is 91.5 Å². The Kier molecular flexibility index (Phi) is 6.80. The average molecular weight is 733 g/mol. The third-order valence-electron chi connectivity index (χ3n) is 11.3. The molecule has 0 atom stereocenters. The topological polar surface area (TPSA) is 21.3 Å². The van der Waals surface area contributed by atoms with Gasteiger partial charge in [-0.15, -0.1) is 11.3 Å². The van der Waals surface area contributed by atoms with Crippen LogP contribution in [0, 0.1) is 0 Å². The van der Waals surface area contributed by atoms with Crippen LogP contribution in [0.3, 0.4) is 0 Å². The maximum atomic E-state index is 6.71. The highest BCUT2D eigenvalue weighted by molar-refractivity contribution is 7.25. The number of nitrogens with zero attached hydrogens (tertiary/aromatic N) is 2. The number of benzene rings is 9. The fourth-order valence-corrected chi connectivity index (χ4v) is 10.1. The number of hydrogen-bond acceptors (Lipinski definition) is 3. The molecular weight excluding hydrogens is 701 g/mol. The van der Waals surface area contributed by atoms with Crippen LogP contribution in [-0.2, 0) is 0 Å². The Morgan fingerprint density at radius 3 is 1.93 bits per heavy atom. The molecule has 56 heavy (non-hydrogen) atoms. The standard InChI is InChI=1S/C52H32N2OS/c1-3-15-34(16-4-1)50-51-41-29-27-36(53(35-18-5-2-6-19-35)37-26-28-40-39-21-10-12-25-48(39)56-49(40)31-37)30-44(41)54(43-23-13-17-33-14-7-8-20-38(33)43)45(51)32-47-52(50)42-22-9-11-24-46(42)55-47/h1-32H. The van der Waals surface area contributed by atoms with E-state index < -0.39 is 0 Å². The molecule has 0 radical (unpaired) electrons. The SMILES string of the molecule is c1ccc(-c2c3c(cc4c2c2ccc(N(c5ccccc5)c5ccc6c(c5)sc5ccccc56)cc2n4-c2cccc4ccccc24)oc2ccccc23)cc1. The summed E-state index contributed by atoms with van der Waals surface area (Å²) in [6.45, 7) is 0. The molecule has 0 bridgehead atoms. The van der Waals surface area contributed by atoms with Crippen molar-refractivity contribution in [3.8, 4) is 16.8 Å². The van der Waals surface area contributed by atoms with Crippen LogP contribution < -0.4 is 4.90 Å². The van der Waals surface area contributed by atoms with Crippen LogP contribution in [0.15, 0.2) is 199 Å². The normalized spacial score (nSPS) is 11.9. The molecule has 4 heteroatoms. The first-order valence-electron chi connectivity index (χ1n) is 19.0. The van der Waals surface area contributed by atoms with E-state index in [4.69, 9.17) is 4.42 Å². The molecule has 12 rings (SSSR count). The number of anilines is 3. The van der Waals surface area contributed by atoms with Crippen LogP contribution in [-0.4, -0.2) is 4.57 Å². The molecule has 9 aromatic carbocycles. The zero-order valence-corrected chi connectivity index (χ0v) is 31.0. The van der Waals surface area contributed by atoms with E-state index in [-0.39, 0.29) is 0 Å². The number of fused-ring (bicyclic) bond motifs is 10. The predicted octanol–water partition coefficient (Wildman–Crippen LogP) is 15.3. The Balaban J connectivity index is 1.21. The molecule has 0 aliphatic heterocycles. The Labute approximate surface area is 326 Å². The van der Waals surface area contributed by atoms with Crippen molar-refractivity contribution < 1.29 is 4.42 Å². The van der Waals surface area contributed by atoms with Crippen LogP contribution in [0.4, 0.5) is 17.1 Å².